The first-order valence-corrected chi connectivity index (χ1v) is 8.21. The first-order valence-electron chi connectivity index (χ1n) is 8.21. The molecule has 0 aliphatic heterocycles. The average molecular weight is 350 g/mol. The molecule has 1 fully saturated rings. The molecule has 136 valence electrons. The van der Waals surface area contributed by atoms with Gasteiger partial charge in [-0.3, -0.25) is 9.59 Å². The third-order valence-corrected chi connectivity index (χ3v) is 4.78. The highest BCUT2D eigenvalue weighted by atomic mass is 19.2. The van der Waals surface area contributed by atoms with Gasteiger partial charge in [-0.05, 0) is 42.9 Å². The molecule has 0 heterocycles. The van der Waals surface area contributed by atoms with Crippen LogP contribution in [0.3, 0.4) is 0 Å². The molecule has 1 aromatic rings. The Balaban J connectivity index is 2.23. The van der Waals surface area contributed by atoms with Crippen LogP contribution in [0.1, 0.15) is 39.3 Å². The van der Waals surface area contributed by atoms with Crippen molar-refractivity contribution in [3.63, 3.8) is 0 Å². The topological polar surface area (TPSA) is 58.2 Å². The number of halogens is 2. The smallest absolute Gasteiger partial charge is 0.246 e. The summed E-state index contributed by atoms with van der Waals surface area (Å²) in [5.74, 6) is -3.00. The van der Waals surface area contributed by atoms with Gasteiger partial charge in [-0.2, -0.15) is 0 Å². The first kappa shape index (κ1) is 19.1. The van der Waals surface area contributed by atoms with Gasteiger partial charge in [0.1, 0.15) is 6.04 Å². The number of rotatable bonds is 5. The second-order valence-electron chi connectivity index (χ2n) is 7.30. The number of allylic oxidation sites excluding steroid dienone is 2. The summed E-state index contributed by atoms with van der Waals surface area (Å²) >= 11 is 0. The van der Waals surface area contributed by atoms with E-state index in [0.29, 0.717) is 0 Å². The maximum atomic E-state index is 13.5. The number of carbonyl (C=O) groups is 2. The maximum Gasteiger partial charge on any atom is 0.246 e. The molecule has 0 saturated heterocycles. The van der Waals surface area contributed by atoms with Crippen LogP contribution in [0.2, 0.25) is 0 Å². The SMILES string of the molecule is CNC(=O)C(NC(=O)C1C(C=C(C)C)C1(C)C)c1ccc(F)c(F)c1. The number of carbonyl (C=O) groups excluding carboxylic acids is 2. The summed E-state index contributed by atoms with van der Waals surface area (Å²) in [5, 5.41) is 5.13. The number of hydrogen-bond donors (Lipinski definition) is 2. The molecule has 1 aliphatic carbocycles. The van der Waals surface area contributed by atoms with Gasteiger partial charge in [-0.15, -0.1) is 0 Å². The Morgan fingerprint density at radius 3 is 2.36 bits per heavy atom. The highest BCUT2D eigenvalue weighted by Gasteiger charge is 2.60. The van der Waals surface area contributed by atoms with E-state index in [9.17, 15) is 18.4 Å². The third kappa shape index (κ3) is 3.89. The Morgan fingerprint density at radius 1 is 1.20 bits per heavy atom. The minimum atomic E-state index is -1.07. The van der Waals surface area contributed by atoms with Gasteiger partial charge in [0.25, 0.3) is 0 Å². The molecule has 0 spiro atoms. The molecule has 1 saturated carbocycles. The van der Waals surface area contributed by atoms with Crippen molar-refractivity contribution in [1.29, 1.82) is 0 Å². The summed E-state index contributed by atoms with van der Waals surface area (Å²) in [6, 6.07) is 2.10. The lowest BCUT2D eigenvalue weighted by Crippen LogP contribution is -2.40. The molecule has 4 nitrogen and oxygen atoms in total. The van der Waals surface area contributed by atoms with Crippen LogP contribution in [0.4, 0.5) is 8.78 Å². The molecule has 6 heteroatoms. The van der Waals surface area contributed by atoms with Gasteiger partial charge in [-0.1, -0.05) is 31.6 Å². The van der Waals surface area contributed by atoms with E-state index in [4.69, 9.17) is 0 Å². The van der Waals surface area contributed by atoms with Crippen LogP contribution in [-0.4, -0.2) is 18.9 Å². The largest absolute Gasteiger partial charge is 0.357 e. The molecule has 0 radical (unpaired) electrons. The van der Waals surface area contributed by atoms with Crippen LogP contribution in [0, 0.1) is 28.9 Å². The second-order valence-corrected chi connectivity index (χ2v) is 7.30. The van der Waals surface area contributed by atoms with Gasteiger partial charge in [-0.25, -0.2) is 8.78 Å². The quantitative estimate of drug-likeness (QED) is 0.802. The summed E-state index contributed by atoms with van der Waals surface area (Å²) in [6.07, 6.45) is 2.05. The normalized spacial score (nSPS) is 21.9. The number of nitrogens with one attached hydrogen (secondary N) is 2. The van der Waals surface area contributed by atoms with Crippen molar-refractivity contribution >= 4 is 11.8 Å². The van der Waals surface area contributed by atoms with Crippen LogP contribution >= 0.6 is 0 Å². The number of hydrogen-bond acceptors (Lipinski definition) is 2. The van der Waals surface area contributed by atoms with Crippen molar-refractivity contribution in [3.05, 3.63) is 47.0 Å². The third-order valence-electron chi connectivity index (χ3n) is 4.78. The highest BCUT2D eigenvalue weighted by molar-refractivity contribution is 5.91. The molecular formula is C19H24F2N2O2. The number of benzene rings is 1. The molecule has 3 unspecified atom stereocenters. The van der Waals surface area contributed by atoms with E-state index >= 15 is 0 Å². The molecule has 1 aliphatic rings. The van der Waals surface area contributed by atoms with Crippen LogP contribution in [0.5, 0.6) is 0 Å². The zero-order valence-corrected chi connectivity index (χ0v) is 15.1. The van der Waals surface area contributed by atoms with Gasteiger partial charge in [0.05, 0.1) is 5.92 Å². The summed E-state index contributed by atoms with van der Waals surface area (Å²) in [7, 11) is 1.43. The fourth-order valence-corrected chi connectivity index (χ4v) is 3.22. The monoisotopic (exact) mass is 350 g/mol. The van der Waals surface area contributed by atoms with Gasteiger partial charge in [0.2, 0.25) is 11.8 Å². The van der Waals surface area contributed by atoms with Gasteiger partial charge < -0.3 is 10.6 Å². The summed E-state index contributed by atoms with van der Waals surface area (Å²) in [4.78, 5) is 24.8. The fraction of sp³-hybridized carbons (Fsp3) is 0.474. The van der Waals surface area contributed by atoms with Gasteiger partial charge >= 0.3 is 0 Å². The van der Waals surface area contributed by atoms with Crippen molar-refractivity contribution in [2.45, 2.75) is 33.7 Å². The van der Waals surface area contributed by atoms with Crippen LogP contribution < -0.4 is 10.6 Å². The predicted octanol–water partition coefficient (Wildman–Crippen LogP) is 3.11. The first-order chi connectivity index (χ1) is 11.6. The Bertz CT molecular complexity index is 724. The molecule has 0 aromatic heterocycles. The van der Waals surface area contributed by atoms with Crippen molar-refractivity contribution < 1.29 is 18.4 Å². The number of likely N-dealkylation sites (N-methyl/N-ethyl adjacent to an activating group) is 1. The second kappa shape index (κ2) is 6.94. The van der Waals surface area contributed by atoms with E-state index < -0.39 is 23.6 Å². The van der Waals surface area contributed by atoms with Crippen LogP contribution in [0.15, 0.2) is 29.8 Å². The van der Waals surface area contributed by atoms with Crippen molar-refractivity contribution in [2.75, 3.05) is 7.05 Å². The van der Waals surface area contributed by atoms with E-state index in [2.05, 4.69) is 16.7 Å². The van der Waals surface area contributed by atoms with E-state index in [0.717, 1.165) is 17.7 Å². The number of amides is 2. The summed E-state index contributed by atoms with van der Waals surface area (Å²) < 4.78 is 26.7. The predicted molar refractivity (Wildman–Crippen MR) is 91.5 cm³/mol. The molecular weight excluding hydrogens is 326 g/mol. The van der Waals surface area contributed by atoms with Crippen molar-refractivity contribution in [1.82, 2.24) is 10.6 Å². The Hall–Kier alpha value is -2.24. The highest BCUT2D eigenvalue weighted by Crippen LogP contribution is 2.59. The molecule has 0 bridgehead atoms. The van der Waals surface area contributed by atoms with E-state index in [-0.39, 0.29) is 28.7 Å². The average Bonchev–Trinajstić information content (AvgIpc) is 3.06. The van der Waals surface area contributed by atoms with Crippen molar-refractivity contribution in [3.8, 4) is 0 Å². The molecule has 1 aromatic carbocycles. The minimum Gasteiger partial charge on any atom is -0.357 e. The Morgan fingerprint density at radius 2 is 1.84 bits per heavy atom. The van der Waals surface area contributed by atoms with E-state index in [1.807, 2.05) is 27.7 Å². The zero-order valence-electron chi connectivity index (χ0n) is 15.1. The maximum absolute atomic E-state index is 13.5. The molecule has 2 N–H and O–H groups in total. The lowest BCUT2D eigenvalue weighted by Gasteiger charge is -2.18. The molecule has 3 atom stereocenters. The summed E-state index contributed by atoms with van der Waals surface area (Å²) in [5.41, 5.74) is 1.11. The van der Waals surface area contributed by atoms with Gasteiger partial charge in [0.15, 0.2) is 11.6 Å². The van der Waals surface area contributed by atoms with E-state index in [1.165, 1.54) is 13.1 Å². The molecule has 2 amide bonds. The lowest BCUT2D eigenvalue weighted by atomic mass is 10.0. The van der Waals surface area contributed by atoms with Crippen molar-refractivity contribution in [2.24, 2.45) is 17.3 Å². The fourth-order valence-electron chi connectivity index (χ4n) is 3.22. The minimum absolute atomic E-state index is 0.0905. The molecule has 2 rings (SSSR count). The standard InChI is InChI=1S/C19H24F2N2O2/c1-10(2)8-12-15(19(12,3)4)17(24)23-16(18(25)22-5)11-6-7-13(20)14(21)9-11/h6-9,12,15-16H,1-5H3,(H,22,25)(H,23,24). The van der Waals surface area contributed by atoms with Gasteiger partial charge in [0, 0.05) is 7.05 Å². The Labute approximate surface area is 146 Å². The van der Waals surface area contributed by atoms with Crippen LogP contribution in [0.25, 0.3) is 0 Å². The summed E-state index contributed by atoms with van der Waals surface area (Å²) in [6.45, 7) is 7.93. The molecule has 25 heavy (non-hydrogen) atoms. The Kier molecular flexibility index (Phi) is 5.30. The van der Waals surface area contributed by atoms with Crippen LogP contribution in [-0.2, 0) is 9.59 Å². The lowest BCUT2D eigenvalue weighted by molar-refractivity contribution is -0.130. The zero-order chi connectivity index (χ0) is 18.9. The van der Waals surface area contributed by atoms with E-state index in [1.54, 1.807) is 0 Å².